The van der Waals surface area contributed by atoms with E-state index in [0.29, 0.717) is 18.0 Å². The summed E-state index contributed by atoms with van der Waals surface area (Å²) in [5, 5.41) is 14.4. The Hall–Kier alpha value is -0.0800. The van der Waals surface area contributed by atoms with Gasteiger partial charge in [0.25, 0.3) is 0 Å². The number of nitrogens with one attached hydrogen (secondary N) is 1. The van der Waals surface area contributed by atoms with Gasteiger partial charge in [-0.3, -0.25) is 0 Å². The van der Waals surface area contributed by atoms with Crippen molar-refractivity contribution in [1.29, 1.82) is 0 Å². The summed E-state index contributed by atoms with van der Waals surface area (Å²) in [6.07, 6.45) is 5.66. The second-order valence-electron chi connectivity index (χ2n) is 5.77. The summed E-state index contributed by atoms with van der Waals surface area (Å²) in [5.41, 5.74) is -0.399. The smallest absolute Gasteiger partial charge is 0.0702 e. The molecule has 88 valence electrons. The van der Waals surface area contributed by atoms with E-state index < -0.39 is 5.60 Å². The van der Waals surface area contributed by atoms with Crippen LogP contribution in [0.25, 0.3) is 0 Å². The Balaban J connectivity index is 2.20. The zero-order valence-electron chi connectivity index (χ0n) is 10.3. The van der Waals surface area contributed by atoms with Gasteiger partial charge in [0.1, 0.15) is 0 Å². The zero-order chi connectivity index (χ0) is 11.1. The minimum Gasteiger partial charge on any atom is -0.389 e. The molecule has 0 spiro atoms. The van der Waals surface area contributed by atoms with Gasteiger partial charge >= 0.3 is 0 Å². The fraction of sp³-hybridized carbons (Fsp3) is 1.00. The van der Waals surface area contributed by atoms with Crippen LogP contribution >= 0.6 is 0 Å². The predicted molar refractivity (Wildman–Crippen MR) is 62.7 cm³/mol. The highest BCUT2D eigenvalue weighted by atomic mass is 16.3. The fourth-order valence-corrected chi connectivity index (χ4v) is 3.77. The average molecular weight is 211 g/mol. The minimum absolute atomic E-state index is 0.399. The van der Waals surface area contributed by atoms with Crippen LogP contribution in [0.3, 0.4) is 0 Å². The van der Waals surface area contributed by atoms with Gasteiger partial charge < -0.3 is 10.4 Å². The molecule has 1 heterocycles. The molecule has 2 heteroatoms. The minimum atomic E-state index is -0.399. The Morgan fingerprint density at radius 3 is 2.73 bits per heavy atom. The maximum absolute atomic E-state index is 10.7. The summed E-state index contributed by atoms with van der Waals surface area (Å²) in [4.78, 5) is 0. The third-order valence-electron chi connectivity index (χ3n) is 4.66. The summed E-state index contributed by atoms with van der Waals surface area (Å²) in [6.45, 7) is 6.67. The molecule has 0 aromatic carbocycles. The van der Waals surface area contributed by atoms with Crippen molar-refractivity contribution in [2.24, 2.45) is 11.8 Å². The third-order valence-corrected chi connectivity index (χ3v) is 4.66. The van der Waals surface area contributed by atoms with E-state index >= 15 is 0 Å². The van der Waals surface area contributed by atoms with Gasteiger partial charge in [0.2, 0.25) is 0 Å². The molecule has 2 aliphatic rings. The van der Waals surface area contributed by atoms with Crippen molar-refractivity contribution >= 4 is 0 Å². The van der Waals surface area contributed by atoms with Gasteiger partial charge in [0, 0.05) is 18.0 Å². The lowest BCUT2D eigenvalue weighted by molar-refractivity contribution is -0.0957. The second kappa shape index (κ2) is 4.06. The first kappa shape index (κ1) is 11.4. The number of hydrogen-bond acceptors (Lipinski definition) is 2. The molecule has 0 bridgehead atoms. The molecule has 1 saturated heterocycles. The van der Waals surface area contributed by atoms with Crippen LogP contribution in [0.2, 0.25) is 0 Å². The van der Waals surface area contributed by atoms with E-state index in [1.807, 2.05) is 0 Å². The van der Waals surface area contributed by atoms with Gasteiger partial charge in [-0.2, -0.15) is 0 Å². The van der Waals surface area contributed by atoms with E-state index in [0.717, 1.165) is 18.8 Å². The molecular weight excluding hydrogens is 186 g/mol. The molecule has 2 rings (SSSR count). The largest absolute Gasteiger partial charge is 0.389 e. The van der Waals surface area contributed by atoms with Gasteiger partial charge in [0.05, 0.1) is 5.60 Å². The molecule has 2 nitrogen and oxygen atoms in total. The predicted octanol–water partition coefficient (Wildman–Crippen LogP) is 2.31. The van der Waals surface area contributed by atoms with Gasteiger partial charge in [-0.1, -0.05) is 20.3 Å². The number of piperidine rings is 1. The third kappa shape index (κ3) is 1.94. The zero-order valence-corrected chi connectivity index (χ0v) is 10.3. The Kier molecular flexibility index (Phi) is 3.09. The molecule has 4 unspecified atom stereocenters. The maximum atomic E-state index is 10.7. The van der Waals surface area contributed by atoms with Crippen molar-refractivity contribution in [2.75, 3.05) is 0 Å². The van der Waals surface area contributed by atoms with Crippen molar-refractivity contribution in [1.82, 2.24) is 5.32 Å². The summed E-state index contributed by atoms with van der Waals surface area (Å²) in [7, 11) is 0. The Morgan fingerprint density at radius 1 is 1.33 bits per heavy atom. The highest BCUT2D eigenvalue weighted by Crippen LogP contribution is 2.43. The van der Waals surface area contributed by atoms with E-state index in [1.165, 1.54) is 19.3 Å². The van der Waals surface area contributed by atoms with Gasteiger partial charge in [-0.25, -0.2) is 0 Å². The first-order chi connectivity index (χ1) is 7.07. The normalized spacial score (nSPS) is 51.2. The van der Waals surface area contributed by atoms with Gasteiger partial charge in [-0.15, -0.1) is 0 Å². The van der Waals surface area contributed by atoms with E-state index in [-0.39, 0.29) is 0 Å². The van der Waals surface area contributed by atoms with Crippen molar-refractivity contribution in [3.05, 3.63) is 0 Å². The SMILES string of the molecule is CCC1(O)CC(C)NC2C1CCC[C@H]2C. The van der Waals surface area contributed by atoms with Crippen LogP contribution in [0.5, 0.6) is 0 Å². The van der Waals surface area contributed by atoms with Crippen molar-refractivity contribution in [3.63, 3.8) is 0 Å². The second-order valence-corrected chi connectivity index (χ2v) is 5.77. The van der Waals surface area contributed by atoms with Crippen LogP contribution in [-0.2, 0) is 0 Å². The first-order valence-corrected chi connectivity index (χ1v) is 6.55. The van der Waals surface area contributed by atoms with Crippen molar-refractivity contribution in [2.45, 2.75) is 70.6 Å². The molecule has 1 aliphatic carbocycles. The molecule has 0 aromatic heterocycles. The fourth-order valence-electron chi connectivity index (χ4n) is 3.77. The lowest BCUT2D eigenvalue weighted by Crippen LogP contribution is -2.62. The molecule has 1 saturated carbocycles. The van der Waals surface area contributed by atoms with Crippen LogP contribution in [0.4, 0.5) is 0 Å². The molecule has 2 fully saturated rings. The lowest BCUT2D eigenvalue weighted by Gasteiger charge is -2.52. The number of rotatable bonds is 1. The lowest BCUT2D eigenvalue weighted by atomic mass is 9.64. The van der Waals surface area contributed by atoms with E-state index in [4.69, 9.17) is 0 Å². The van der Waals surface area contributed by atoms with Crippen LogP contribution in [0.15, 0.2) is 0 Å². The summed E-state index contributed by atoms with van der Waals surface area (Å²) < 4.78 is 0. The highest BCUT2D eigenvalue weighted by molar-refractivity contribution is 5.03. The molecule has 0 radical (unpaired) electrons. The van der Waals surface area contributed by atoms with E-state index in [2.05, 4.69) is 26.1 Å². The Morgan fingerprint density at radius 2 is 2.07 bits per heavy atom. The first-order valence-electron chi connectivity index (χ1n) is 6.55. The van der Waals surface area contributed by atoms with Crippen LogP contribution in [-0.4, -0.2) is 22.8 Å². The maximum Gasteiger partial charge on any atom is 0.0702 e. The van der Waals surface area contributed by atoms with E-state index in [1.54, 1.807) is 0 Å². The standard InChI is InChI=1S/C13H25NO/c1-4-13(15)8-10(3)14-12-9(2)6-5-7-11(12)13/h9-12,14-15H,4-8H2,1-3H3/t9-,10?,11?,12?,13?/m1/s1. The van der Waals surface area contributed by atoms with E-state index in [9.17, 15) is 5.11 Å². The monoisotopic (exact) mass is 211 g/mol. The molecule has 0 aromatic rings. The van der Waals surface area contributed by atoms with Crippen molar-refractivity contribution in [3.8, 4) is 0 Å². The Labute approximate surface area is 93.5 Å². The quantitative estimate of drug-likeness (QED) is 0.697. The highest BCUT2D eigenvalue weighted by Gasteiger charge is 2.47. The summed E-state index contributed by atoms with van der Waals surface area (Å²) >= 11 is 0. The van der Waals surface area contributed by atoms with Crippen molar-refractivity contribution < 1.29 is 5.11 Å². The summed E-state index contributed by atoms with van der Waals surface area (Å²) in [6, 6.07) is 1.02. The van der Waals surface area contributed by atoms with Crippen LogP contribution in [0, 0.1) is 11.8 Å². The average Bonchev–Trinajstić information content (AvgIpc) is 2.20. The molecule has 2 N–H and O–H groups in total. The molecule has 5 atom stereocenters. The number of fused-ring (bicyclic) bond motifs is 1. The Bertz CT molecular complexity index is 231. The topological polar surface area (TPSA) is 32.3 Å². The number of hydrogen-bond donors (Lipinski definition) is 2. The van der Waals surface area contributed by atoms with Gasteiger partial charge in [-0.05, 0) is 38.5 Å². The number of aliphatic hydroxyl groups is 1. The molecule has 0 amide bonds. The molecular formula is C13H25NO. The van der Waals surface area contributed by atoms with Crippen LogP contribution in [0.1, 0.15) is 52.9 Å². The van der Waals surface area contributed by atoms with Gasteiger partial charge in [0.15, 0.2) is 0 Å². The molecule has 15 heavy (non-hydrogen) atoms. The summed E-state index contributed by atoms with van der Waals surface area (Å²) in [5.74, 6) is 1.21. The molecule has 1 aliphatic heterocycles. The van der Waals surface area contributed by atoms with Crippen LogP contribution < -0.4 is 5.32 Å².